The predicted molar refractivity (Wildman–Crippen MR) is 94.8 cm³/mol. The summed E-state index contributed by atoms with van der Waals surface area (Å²) in [5.74, 6) is 0. The van der Waals surface area contributed by atoms with Crippen molar-refractivity contribution < 1.29 is 4.39 Å². The summed E-state index contributed by atoms with van der Waals surface area (Å²) in [4.78, 5) is 0. The van der Waals surface area contributed by atoms with E-state index >= 15 is 0 Å². The molecule has 3 aromatic rings. The van der Waals surface area contributed by atoms with Crippen LogP contribution in [-0.4, -0.2) is 25.1 Å². The molecule has 0 saturated heterocycles. The molecule has 0 aliphatic heterocycles. The Bertz CT molecular complexity index is 599. The van der Waals surface area contributed by atoms with Crippen molar-refractivity contribution in [1.29, 1.82) is 0 Å². The van der Waals surface area contributed by atoms with E-state index in [1.165, 1.54) is 10.7 Å². The van der Waals surface area contributed by atoms with Gasteiger partial charge in [0.15, 0.2) is 0 Å². The van der Waals surface area contributed by atoms with Gasteiger partial charge in [0.1, 0.15) is 0 Å². The molecule has 2 heteroatoms. The van der Waals surface area contributed by atoms with E-state index in [1.807, 2.05) is 18.2 Å². The van der Waals surface area contributed by atoms with Crippen LogP contribution in [0.15, 0.2) is 91.0 Å². The van der Waals surface area contributed by atoms with Crippen LogP contribution in [0, 0.1) is 0 Å². The molecule has 0 amide bonds. The first-order valence-electron chi connectivity index (χ1n) is 7.60. The second kappa shape index (κ2) is 7.10. The summed E-state index contributed by atoms with van der Waals surface area (Å²) >= 11 is -3.25. The van der Waals surface area contributed by atoms with Crippen molar-refractivity contribution in [3.8, 4) is 0 Å². The van der Waals surface area contributed by atoms with E-state index in [0.29, 0.717) is 4.44 Å². The number of benzene rings is 3. The molecule has 0 nitrogen and oxygen atoms in total. The van der Waals surface area contributed by atoms with E-state index in [0.717, 1.165) is 0 Å². The van der Waals surface area contributed by atoms with E-state index in [1.54, 1.807) is 0 Å². The molecule has 0 spiro atoms. The zero-order valence-electron chi connectivity index (χ0n) is 12.5. The van der Waals surface area contributed by atoms with Gasteiger partial charge >= 0.3 is 136 Å². The number of rotatable bonds is 5. The zero-order chi connectivity index (χ0) is 15.3. The molecule has 0 heterocycles. The Labute approximate surface area is 135 Å². The maximum absolute atomic E-state index is 13.6. The zero-order valence-corrected chi connectivity index (χ0v) is 15.3. The SMILES string of the molecule is FC[CH2][Sn]([c]1ccccc1)([c]1ccccc1)[c]1ccccc1. The number of halogens is 1. The number of alkyl halides is 1. The topological polar surface area (TPSA) is 0 Å². The van der Waals surface area contributed by atoms with Crippen LogP contribution in [0.4, 0.5) is 4.39 Å². The van der Waals surface area contributed by atoms with Gasteiger partial charge in [-0.05, 0) is 0 Å². The summed E-state index contributed by atoms with van der Waals surface area (Å²) < 4.78 is 18.3. The summed E-state index contributed by atoms with van der Waals surface area (Å²) in [5.41, 5.74) is 0. The van der Waals surface area contributed by atoms with Gasteiger partial charge in [-0.2, -0.15) is 0 Å². The number of hydrogen-bond acceptors (Lipinski definition) is 0. The van der Waals surface area contributed by atoms with Gasteiger partial charge in [0.25, 0.3) is 0 Å². The standard InChI is InChI=1S/3C6H5.C2H4F.Sn/c3*1-2-4-6-5-3-1;1-2-3;/h3*1-5H;1-2H2;. The van der Waals surface area contributed by atoms with Crippen molar-refractivity contribution in [2.45, 2.75) is 4.44 Å². The van der Waals surface area contributed by atoms with Gasteiger partial charge in [0.2, 0.25) is 0 Å². The monoisotopic (exact) mass is 398 g/mol. The van der Waals surface area contributed by atoms with Crippen molar-refractivity contribution in [3.63, 3.8) is 0 Å². The second-order valence-corrected chi connectivity index (χ2v) is 17.0. The maximum atomic E-state index is 13.6. The molecule has 0 aliphatic rings. The van der Waals surface area contributed by atoms with Crippen LogP contribution in [0.1, 0.15) is 0 Å². The molecule has 0 atom stereocenters. The van der Waals surface area contributed by atoms with Crippen molar-refractivity contribution in [3.05, 3.63) is 91.0 Å². The van der Waals surface area contributed by atoms with Gasteiger partial charge in [-0.15, -0.1) is 0 Å². The third-order valence-electron chi connectivity index (χ3n) is 4.27. The van der Waals surface area contributed by atoms with Crippen molar-refractivity contribution in [2.75, 3.05) is 6.67 Å². The van der Waals surface area contributed by atoms with Gasteiger partial charge in [0.05, 0.1) is 0 Å². The fourth-order valence-corrected chi connectivity index (χ4v) is 15.9. The van der Waals surface area contributed by atoms with Crippen molar-refractivity contribution in [1.82, 2.24) is 0 Å². The normalized spacial score (nSPS) is 11.3. The molecule has 3 aromatic carbocycles. The molecule has 3 rings (SSSR count). The van der Waals surface area contributed by atoms with E-state index in [-0.39, 0.29) is 6.67 Å². The molecule has 0 unspecified atom stereocenters. The summed E-state index contributed by atoms with van der Waals surface area (Å²) in [7, 11) is 0. The molecule has 0 radical (unpaired) electrons. The van der Waals surface area contributed by atoms with Crippen LogP contribution in [0.25, 0.3) is 0 Å². The fraction of sp³-hybridized carbons (Fsp3) is 0.100. The summed E-state index contributed by atoms with van der Waals surface area (Å²) in [6.45, 7) is -0.269. The Morgan fingerprint density at radius 2 is 0.864 bits per heavy atom. The Morgan fingerprint density at radius 1 is 0.545 bits per heavy atom. The molecule has 0 aromatic heterocycles. The molecule has 0 saturated carbocycles. The van der Waals surface area contributed by atoms with E-state index in [2.05, 4.69) is 72.8 Å². The first-order valence-corrected chi connectivity index (χ1v) is 13.9. The van der Waals surface area contributed by atoms with E-state index < -0.39 is 18.4 Å². The second-order valence-electron chi connectivity index (χ2n) is 5.44. The van der Waals surface area contributed by atoms with Crippen LogP contribution >= 0.6 is 0 Å². The Morgan fingerprint density at radius 3 is 1.14 bits per heavy atom. The van der Waals surface area contributed by atoms with Gasteiger partial charge in [0, 0.05) is 0 Å². The first-order chi connectivity index (χ1) is 10.9. The number of hydrogen-bond donors (Lipinski definition) is 0. The van der Waals surface area contributed by atoms with Gasteiger partial charge in [-0.3, -0.25) is 0 Å². The first kappa shape index (κ1) is 15.3. The van der Waals surface area contributed by atoms with E-state index in [4.69, 9.17) is 0 Å². The van der Waals surface area contributed by atoms with Crippen LogP contribution in [0.2, 0.25) is 4.44 Å². The minimum absolute atomic E-state index is 0.269. The van der Waals surface area contributed by atoms with Crippen molar-refractivity contribution in [2.24, 2.45) is 0 Å². The van der Waals surface area contributed by atoms with Gasteiger partial charge < -0.3 is 0 Å². The average Bonchev–Trinajstić information content (AvgIpc) is 2.62. The van der Waals surface area contributed by atoms with Crippen LogP contribution in [0.3, 0.4) is 0 Å². The van der Waals surface area contributed by atoms with Crippen LogP contribution in [0.5, 0.6) is 0 Å². The van der Waals surface area contributed by atoms with Crippen LogP contribution < -0.4 is 10.7 Å². The third kappa shape index (κ3) is 2.82. The van der Waals surface area contributed by atoms with Crippen LogP contribution in [-0.2, 0) is 0 Å². The minimum atomic E-state index is -3.25. The summed E-state index contributed by atoms with van der Waals surface area (Å²) in [5, 5.41) is 0. The Kier molecular flexibility index (Phi) is 4.93. The Hall–Kier alpha value is -1.61. The molecule has 0 N–H and O–H groups in total. The quantitative estimate of drug-likeness (QED) is 0.581. The van der Waals surface area contributed by atoms with Gasteiger partial charge in [-0.1, -0.05) is 0 Å². The molecular weight excluding hydrogens is 378 g/mol. The van der Waals surface area contributed by atoms with E-state index in [9.17, 15) is 4.39 Å². The Balaban J connectivity index is 2.29. The summed E-state index contributed by atoms with van der Waals surface area (Å²) in [6.07, 6.45) is 0. The van der Waals surface area contributed by atoms with Crippen molar-refractivity contribution >= 4 is 29.1 Å². The molecular formula is C20H19FSn. The molecule has 22 heavy (non-hydrogen) atoms. The predicted octanol–water partition coefficient (Wildman–Crippen LogP) is 3.13. The molecule has 110 valence electrons. The molecule has 0 aliphatic carbocycles. The molecule has 0 bridgehead atoms. The fourth-order valence-electron chi connectivity index (χ4n) is 3.24. The average molecular weight is 397 g/mol. The van der Waals surface area contributed by atoms with Gasteiger partial charge in [-0.25, -0.2) is 0 Å². The third-order valence-corrected chi connectivity index (χ3v) is 18.2. The summed E-state index contributed by atoms with van der Waals surface area (Å²) in [6, 6.07) is 31.7. The molecule has 0 fully saturated rings.